The molecule has 1 saturated heterocycles. The van der Waals surface area contributed by atoms with Crippen LogP contribution in [0, 0.1) is 11.8 Å². The van der Waals surface area contributed by atoms with Gasteiger partial charge in [-0.15, -0.1) is 0 Å². The Kier molecular flexibility index (Phi) is 4.40. The van der Waals surface area contributed by atoms with Gasteiger partial charge in [0.2, 0.25) is 0 Å². The van der Waals surface area contributed by atoms with E-state index >= 15 is 0 Å². The molecule has 1 aromatic heterocycles. The van der Waals surface area contributed by atoms with E-state index in [1.54, 1.807) is 0 Å². The lowest BCUT2D eigenvalue weighted by Crippen LogP contribution is -2.45. The second-order valence-corrected chi connectivity index (χ2v) is 7.77. The fourth-order valence-corrected chi connectivity index (χ4v) is 3.86. The van der Waals surface area contributed by atoms with E-state index in [1.165, 1.54) is 32.4 Å². The lowest BCUT2D eigenvalue weighted by atomic mass is 10.0. The average Bonchev–Trinajstić information content (AvgIpc) is 3.42. The third-order valence-electron chi connectivity index (χ3n) is 5.47. The predicted octanol–water partition coefficient (Wildman–Crippen LogP) is 3.58. The smallest absolute Gasteiger partial charge is 0.147 e. The monoisotopic (exact) mass is 324 g/mol. The Hall–Kier alpha value is -1.68. The number of aromatic nitrogens is 2. The zero-order chi connectivity index (χ0) is 16.5. The predicted molar refractivity (Wildman–Crippen MR) is 99.3 cm³/mol. The maximum absolute atomic E-state index is 4.88. The Morgan fingerprint density at radius 3 is 2.67 bits per heavy atom. The maximum Gasteiger partial charge on any atom is 0.147 e. The first kappa shape index (κ1) is 15.8. The number of nitrogens with zero attached hydrogens (tertiary/aromatic N) is 4. The molecular formula is C20H28N4. The number of hydrogen-bond acceptors (Lipinski definition) is 4. The Labute approximate surface area is 144 Å². The Bertz CT molecular complexity index is 695. The lowest BCUT2D eigenvalue weighted by Gasteiger charge is -2.35. The van der Waals surface area contributed by atoms with Crippen molar-refractivity contribution in [2.24, 2.45) is 11.8 Å². The van der Waals surface area contributed by atoms with Gasteiger partial charge >= 0.3 is 0 Å². The van der Waals surface area contributed by atoms with Crippen molar-refractivity contribution in [3.05, 3.63) is 30.5 Å². The summed E-state index contributed by atoms with van der Waals surface area (Å²) in [6.07, 6.45) is 6.03. The molecule has 2 aliphatic rings. The summed E-state index contributed by atoms with van der Waals surface area (Å²) in [5.74, 6) is 2.66. The maximum atomic E-state index is 4.88. The average molecular weight is 324 g/mol. The molecule has 0 amide bonds. The number of anilines is 1. The SMILES string of the molecule is CC(C)C1CN(c2cnc3ccccc3n2)CCCN1CC1CC1. The van der Waals surface area contributed by atoms with Crippen LogP contribution in [0.15, 0.2) is 30.5 Å². The summed E-state index contributed by atoms with van der Waals surface area (Å²) in [6, 6.07) is 8.76. The molecule has 1 atom stereocenters. The van der Waals surface area contributed by atoms with Crippen molar-refractivity contribution in [3.63, 3.8) is 0 Å². The van der Waals surface area contributed by atoms with Gasteiger partial charge in [0.25, 0.3) is 0 Å². The van der Waals surface area contributed by atoms with Crippen molar-refractivity contribution in [3.8, 4) is 0 Å². The first-order chi connectivity index (χ1) is 11.7. The van der Waals surface area contributed by atoms with Gasteiger partial charge in [-0.2, -0.15) is 0 Å². The van der Waals surface area contributed by atoms with Crippen molar-refractivity contribution >= 4 is 16.9 Å². The number of hydrogen-bond donors (Lipinski definition) is 0. The van der Waals surface area contributed by atoms with Gasteiger partial charge in [-0.1, -0.05) is 26.0 Å². The Morgan fingerprint density at radius 2 is 1.92 bits per heavy atom. The molecule has 2 heterocycles. The molecule has 0 N–H and O–H groups in total. The molecule has 2 fully saturated rings. The number of para-hydroxylation sites is 2. The van der Waals surface area contributed by atoms with E-state index in [4.69, 9.17) is 4.98 Å². The fourth-order valence-electron chi connectivity index (χ4n) is 3.86. The van der Waals surface area contributed by atoms with Crippen LogP contribution >= 0.6 is 0 Å². The van der Waals surface area contributed by atoms with Gasteiger partial charge in [-0.25, -0.2) is 4.98 Å². The minimum absolute atomic E-state index is 0.612. The van der Waals surface area contributed by atoms with Gasteiger partial charge in [0.15, 0.2) is 0 Å². The molecule has 1 saturated carbocycles. The van der Waals surface area contributed by atoms with E-state index < -0.39 is 0 Å². The van der Waals surface area contributed by atoms with E-state index in [9.17, 15) is 0 Å². The van der Waals surface area contributed by atoms with Crippen molar-refractivity contribution in [2.45, 2.75) is 39.2 Å². The molecule has 1 aromatic carbocycles. The molecule has 0 bridgehead atoms. The normalized spacial score (nSPS) is 23.0. The first-order valence-corrected chi connectivity index (χ1v) is 9.41. The molecule has 1 aliphatic carbocycles. The van der Waals surface area contributed by atoms with Gasteiger partial charge in [0.1, 0.15) is 5.82 Å². The van der Waals surface area contributed by atoms with Crippen molar-refractivity contribution < 1.29 is 0 Å². The second-order valence-electron chi connectivity index (χ2n) is 7.77. The summed E-state index contributed by atoms with van der Waals surface area (Å²) in [4.78, 5) is 14.7. The van der Waals surface area contributed by atoms with Gasteiger partial charge in [0.05, 0.1) is 17.2 Å². The Morgan fingerprint density at radius 1 is 1.12 bits per heavy atom. The van der Waals surface area contributed by atoms with Crippen LogP contribution in [-0.2, 0) is 0 Å². The van der Waals surface area contributed by atoms with Gasteiger partial charge in [-0.05, 0) is 43.2 Å². The van der Waals surface area contributed by atoms with E-state index in [1.807, 2.05) is 24.4 Å². The van der Waals surface area contributed by atoms with Crippen LogP contribution in [0.5, 0.6) is 0 Å². The Balaban J connectivity index is 1.57. The molecule has 2 aromatic rings. The van der Waals surface area contributed by atoms with Gasteiger partial charge < -0.3 is 4.90 Å². The summed E-state index contributed by atoms with van der Waals surface area (Å²) in [7, 11) is 0. The van der Waals surface area contributed by atoms with Gasteiger partial charge in [0, 0.05) is 32.2 Å². The van der Waals surface area contributed by atoms with Crippen molar-refractivity contribution in [2.75, 3.05) is 31.1 Å². The summed E-state index contributed by atoms with van der Waals surface area (Å²) in [5, 5.41) is 0. The fraction of sp³-hybridized carbons (Fsp3) is 0.600. The minimum Gasteiger partial charge on any atom is -0.354 e. The highest BCUT2D eigenvalue weighted by Gasteiger charge is 2.32. The number of rotatable bonds is 4. The summed E-state index contributed by atoms with van der Waals surface area (Å²) in [5.41, 5.74) is 1.97. The quantitative estimate of drug-likeness (QED) is 0.860. The van der Waals surface area contributed by atoms with Crippen molar-refractivity contribution in [1.29, 1.82) is 0 Å². The van der Waals surface area contributed by atoms with Crippen LogP contribution in [0.1, 0.15) is 33.1 Å². The first-order valence-electron chi connectivity index (χ1n) is 9.41. The summed E-state index contributed by atoms with van der Waals surface area (Å²) in [6.45, 7) is 9.38. The standard InChI is InChI=1S/C20H28N4/c1-15(2)19-14-24(11-5-10-23(19)13-16-8-9-16)20-12-21-17-6-3-4-7-18(17)22-20/h3-4,6-7,12,15-16,19H,5,8-11,13-14H2,1-2H3. The zero-order valence-corrected chi connectivity index (χ0v) is 14.9. The highest BCUT2D eigenvalue weighted by Crippen LogP contribution is 2.32. The van der Waals surface area contributed by atoms with E-state index in [2.05, 4.69) is 34.7 Å². The highest BCUT2D eigenvalue weighted by molar-refractivity contribution is 5.75. The van der Waals surface area contributed by atoms with Crippen molar-refractivity contribution in [1.82, 2.24) is 14.9 Å². The second kappa shape index (κ2) is 6.67. The molecule has 24 heavy (non-hydrogen) atoms. The van der Waals surface area contributed by atoms with E-state index in [0.717, 1.165) is 35.9 Å². The molecule has 4 heteroatoms. The molecule has 4 nitrogen and oxygen atoms in total. The third-order valence-corrected chi connectivity index (χ3v) is 5.47. The molecule has 0 spiro atoms. The summed E-state index contributed by atoms with van der Waals surface area (Å²) < 4.78 is 0. The minimum atomic E-state index is 0.612. The molecule has 1 aliphatic heterocycles. The highest BCUT2D eigenvalue weighted by atomic mass is 15.3. The van der Waals surface area contributed by atoms with Crippen LogP contribution in [-0.4, -0.2) is 47.1 Å². The van der Waals surface area contributed by atoms with Crippen LogP contribution in [0.2, 0.25) is 0 Å². The molecule has 0 radical (unpaired) electrons. The zero-order valence-electron chi connectivity index (χ0n) is 14.9. The largest absolute Gasteiger partial charge is 0.354 e. The molecule has 1 unspecified atom stereocenters. The van der Waals surface area contributed by atoms with E-state index in [-0.39, 0.29) is 0 Å². The van der Waals surface area contributed by atoms with Gasteiger partial charge in [-0.3, -0.25) is 9.88 Å². The molecular weight excluding hydrogens is 296 g/mol. The topological polar surface area (TPSA) is 32.3 Å². The summed E-state index contributed by atoms with van der Waals surface area (Å²) >= 11 is 0. The molecule has 128 valence electrons. The molecule has 4 rings (SSSR count). The third kappa shape index (κ3) is 3.39. The number of benzene rings is 1. The van der Waals surface area contributed by atoms with Crippen LogP contribution in [0.3, 0.4) is 0 Å². The van der Waals surface area contributed by atoms with Crippen LogP contribution in [0.25, 0.3) is 11.0 Å². The lowest BCUT2D eigenvalue weighted by molar-refractivity contribution is 0.162. The van der Waals surface area contributed by atoms with Crippen LogP contribution < -0.4 is 4.90 Å². The van der Waals surface area contributed by atoms with Crippen LogP contribution in [0.4, 0.5) is 5.82 Å². The number of fused-ring (bicyclic) bond motifs is 1. The van der Waals surface area contributed by atoms with E-state index in [0.29, 0.717) is 12.0 Å².